The van der Waals surface area contributed by atoms with Gasteiger partial charge < -0.3 is 24.8 Å². The van der Waals surface area contributed by atoms with Gasteiger partial charge in [0.2, 0.25) is 5.75 Å². The summed E-state index contributed by atoms with van der Waals surface area (Å²) >= 11 is 0. The van der Waals surface area contributed by atoms with Crippen LogP contribution in [0.4, 0.5) is 0 Å². The fourth-order valence-corrected chi connectivity index (χ4v) is 2.68. The van der Waals surface area contributed by atoms with Crippen LogP contribution in [-0.4, -0.2) is 45.3 Å². The lowest BCUT2D eigenvalue weighted by molar-refractivity contribution is 0.322. The van der Waals surface area contributed by atoms with Crippen LogP contribution in [0, 0.1) is 0 Å². The lowest BCUT2D eigenvalue weighted by Gasteiger charge is -2.27. The molecule has 0 saturated carbocycles. The van der Waals surface area contributed by atoms with E-state index in [1.54, 1.807) is 21.3 Å². The van der Waals surface area contributed by atoms with E-state index in [-0.39, 0.29) is 0 Å². The van der Waals surface area contributed by atoms with Gasteiger partial charge in [-0.25, -0.2) is 4.99 Å². The van der Waals surface area contributed by atoms with Gasteiger partial charge in [0.05, 0.1) is 27.9 Å². The summed E-state index contributed by atoms with van der Waals surface area (Å²) < 4.78 is 16.1. The van der Waals surface area contributed by atoms with Gasteiger partial charge in [-0.2, -0.15) is 0 Å². The van der Waals surface area contributed by atoms with E-state index in [0.717, 1.165) is 18.7 Å². The van der Waals surface area contributed by atoms with Crippen LogP contribution in [0.1, 0.15) is 24.8 Å². The number of likely N-dealkylation sites (tertiary alicyclic amines) is 1. The Morgan fingerprint density at radius 1 is 1.05 bits per heavy atom. The van der Waals surface area contributed by atoms with Crippen molar-refractivity contribution < 1.29 is 14.2 Å². The topological polar surface area (TPSA) is 69.3 Å². The second kappa shape index (κ2) is 7.77. The first-order valence-electron chi connectivity index (χ1n) is 7.54. The molecule has 1 aromatic rings. The van der Waals surface area contributed by atoms with Gasteiger partial charge >= 0.3 is 0 Å². The molecular formula is C16H25N3O3. The summed E-state index contributed by atoms with van der Waals surface area (Å²) in [6.07, 6.45) is 3.62. The van der Waals surface area contributed by atoms with Crippen molar-refractivity contribution in [1.29, 1.82) is 0 Å². The molecule has 1 saturated heterocycles. The Balaban J connectivity index is 2.18. The van der Waals surface area contributed by atoms with Gasteiger partial charge in [-0.05, 0) is 31.4 Å². The first kappa shape index (κ1) is 16.3. The minimum atomic E-state index is 0.450. The van der Waals surface area contributed by atoms with Gasteiger partial charge in [-0.3, -0.25) is 0 Å². The molecule has 0 aliphatic carbocycles. The zero-order chi connectivity index (χ0) is 15.9. The van der Waals surface area contributed by atoms with E-state index in [9.17, 15) is 0 Å². The summed E-state index contributed by atoms with van der Waals surface area (Å²) in [5.74, 6) is 2.44. The Kier molecular flexibility index (Phi) is 5.75. The van der Waals surface area contributed by atoms with Crippen molar-refractivity contribution in [3.8, 4) is 17.2 Å². The van der Waals surface area contributed by atoms with Crippen LogP contribution in [0.3, 0.4) is 0 Å². The van der Waals surface area contributed by atoms with Gasteiger partial charge in [0.15, 0.2) is 17.5 Å². The first-order valence-corrected chi connectivity index (χ1v) is 7.54. The lowest BCUT2D eigenvalue weighted by atomic mass is 10.1. The third-order valence-electron chi connectivity index (χ3n) is 3.88. The molecule has 1 aliphatic rings. The number of guanidine groups is 1. The summed E-state index contributed by atoms with van der Waals surface area (Å²) in [5, 5.41) is 0. The normalized spacial score (nSPS) is 15.6. The standard InChI is InChI=1S/C16H25N3O3/c1-20-13-8-7-12(14(21-2)15(13)22-3)11-18-16(17)19-9-5-4-6-10-19/h7-8H,4-6,9-11H2,1-3H3,(H2,17,18). The minimum absolute atomic E-state index is 0.450. The van der Waals surface area contributed by atoms with E-state index in [1.165, 1.54) is 19.3 Å². The number of aliphatic imine (C=N–C) groups is 1. The van der Waals surface area contributed by atoms with E-state index in [4.69, 9.17) is 19.9 Å². The van der Waals surface area contributed by atoms with E-state index in [2.05, 4.69) is 9.89 Å². The van der Waals surface area contributed by atoms with Crippen LogP contribution in [-0.2, 0) is 6.54 Å². The van der Waals surface area contributed by atoms with Crippen molar-refractivity contribution >= 4 is 5.96 Å². The molecule has 0 unspecified atom stereocenters. The molecule has 22 heavy (non-hydrogen) atoms. The maximum absolute atomic E-state index is 6.09. The highest BCUT2D eigenvalue weighted by atomic mass is 16.5. The molecule has 0 radical (unpaired) electrons. The highest BCUT2D eigenvalue weighted by Crippen LogP contribution is 2.39. The molecule has 122 valence electrons. The fraction of sp³-hybridized carbons (Fsp3) is 0.562. The average Bonchev–Trinajstić information content (AvgIpc) is 2.59. The molecule has 6 heteroatoms. The van der Waals surface area contributed by atoms with Crippen molar-refractivity contribution in [1.82, 2.24) is 4.90 Å². The second-order valence-electron chi connectivity index (χ2n) is 5.22. The first-order chi connectivity index (χ1) is 10.7. The summed E-state index contributed by atoms with van der Waals surface area (Å²) in [4.78, 5) is 6.64. The van der Waals surface area contributed by atoms with Gasteiger partial charge in [0.25, 0.3) is 0 Å². The predicted molar refractivity (Wildman–Crippen MR) is 86.8 cm³/mol. The number of hydrogen-bond donors (Lipinski definition) is 1. The van der Waals surface area contributed by atoms with E-state index in [1.807, 2.05) is 12.1 Å². The number of nitrogens with zero attached hydrogens (tertiary/aromatic N) is 2. The third kappa shape index (κ3) is 3.55. The van der Waals surface area contributed by atoms with Crippen molar-refractivity contribution in [3.63, 3.8) is 0 Å². The summed E-state index contributed by atoms with van der Waals surface area (Å²) in [5.41, 5.74) is 7.01. The van der Waals surface area contributed by atoms with E-state index in [0.29, 0.717) is 29.8 Å². The molecule has 2 N–H and O–H groups in total. The predicted octanol–water partition coefficient (Wildman–Crippen LogP) is 2.01. The van der Waals surface area contributed by atoms with E-state index >= 15 is 0 Å². The molecule has 1 heterocycles. The quantitative estimate of drug-likeness (QED) is 0.665. The smallest absolute Gasteiger partial charge is 0.203 e. The van der Waals surface area contributed by atoms with Crippen molar-refractivity contribution in [2.75, 3.05) is 34.4 Å². The molecule has 0 aromatic heterocycles. The summed E-state index contributed by atoms with van der Waals surface area (Å²) in [6, 6.07) is 3.77. The Bertz CT molecular complexity index is 526. The van der Waals surface area contributed by atoms with Gasteiger partial charge in [-0.1, -0.05) is 0 Å². The van der Waals surface area contributed by atoms with Crippen LogP contribution in [0.25, 0.3) is 0 Å². The Morgan fingerprint density at radius 2 is 1.73 bits per heavy atom. The zero-order valence-electron chi connectivity index (χ0n) is 13.6. The van der Waals surface area contributed by atoms with Crippen LogP contribution in [0.15, 0.2) is 17.1 Å². The molecule has 1 aliphatic heterocycles. The van der Waals surface area contributed by atoms with Gasteiger partial charge in [0.1, 0.15) is 0 Å². The minimum Gasteiger partial charge on any atom is -0.493 e. The number of methoxy groups -OCH3 is 3. The summed E-state index contributed by atoms with van der Waals surface area (Å²) in [7, 11) is 4.80. The maximum atomic E-state index is 6.09. The Hall–Kier alpha value is -2.11. The van der Waals surface area contributed by atoms with Crippen molar-refractivity contribution in [2.24, 2.45) is 10.7 Å². The van der Waals surface area contributed by atoms with Crippen LogP contribution < -0.4 is 19.9 Å². The fourth-order valence-electron chi connectivity index (χ4n) is 2.68. The molecular weight excluding hydrogens is 282 g/mol. The molecule has 0 amide bonds. The Morgan fingerprint density at radius 3 is 2.32 bits per heavy atom. The highest BCUT2D eigenvalue weighted by molar-refractivity contribution is 5.78. The average molecular weight is 307 g/mol. The van der Waals surface area contributed by atoms with Crippen LogP contribution in [0.2, 0.25) is 0 Å². The molecule has 1 aromatic carbocycles. The van der Waals surface area contributed by atoms with E-state index < -0.39 is 0 Å². The highest BCUT2D eigenvalue weighted by Gasteiger charge is 2.16. The van der Waals surface area contributed by atoms with Crippen molar-refractivity contribution in [2.45, 2.75) is 25.8 Å². The maximum Gasteiger partial charge on any atom is 0.203 e. The number of hydrogen-bond acceptors (Lipinski definition) is 4. The molecule has 1 fully saturated rings. The molecule has 0 spiro atoms. The van der Waals surface area contributed by atoms with Gasteiger partial charge in [0, 0.05) is 18.7 Å². The number of benzene rings is 1. The third-order valence-corrected chi connectivity index (χ3v) is 3.88. The largest absolute Gasteiger partial charge is 0.493 e. The Labute approximate surface area is 131 Å². The molecule has 0 bridgehead atoms. The van der Waals surface area contributed by atoms with Gasteiger partial charge in [-0.15, -0.1) is 0 Å². The zero-order valence-corrected chi connectivity index (χ0v) is 13.6. The number of nitrogens with two attached hydrogens (primary N) is 1. The molecule has 6 nitrogen and oxygen atoms in total. The van der Waals surface area contributed by atoms with Crippen molar-refractivity contribution in [3.05, 3.63) is 17.7 Å². The van der Waals surface area contributed by atoms with Crippen LogP contribution in [0.5, 0.6) is 17.2 Å². The second-order valence-corrected chi connectivity index (χ2v) is 5.22. The number of piperidine rings is 1. The SMILES string of the molecule is COc1ccc(CN=C(N)N2CCCCC2)c(OC)c1OC. The lowest BCUT2D eigenvalue weighted by Crippen LogP contribution is -2.40. The van der Waals surface area contributed by atoms with Crippen LogP contribution >= 0.6 is 0 Å². The number of ether oxygens (including phenoxy) is 3. The number of rotatable bonds is 5. The monoisotopic (exact) mass is 307 g/mol. The summed E-state index contributed by atoms with van der Waals surface area (Å²) in [6.45, 7) is 2.42. The molecule has 2 rings (SSSR count). The molecule has 0 atom stereocenters.